The van der Waals surface area contributed by atoms with Gasteiger partial charge in [-0.15, -0.1) is 11.3 Å². The largest absolute Gasteiger partial charge is 0.338 e. The molecule has 0 N–H and O–H groups in total. The molecule has 1 fully saturated rings. The van der Waals surface area contributed by atoms with Crippen molar-refractivity contribution in [2.24, 2.45) is 7.05 Å². The van der Waals surface area contributed by atoms with Gasteiger partial charge in [0.15, 0.2) is 5.65 Å². The summed E-state index contributed by atoms with van der Waals surface area (Å²) in [6.07, 6.45) is 2.77. The number of aryl methyl sites for hydroxylation is 2. The number of hydrogen-bond acceptors (Lipinski definition) is 7. The topological polar surface area (TPSA) is 110 Å². The van der Waals surface area contributed by atoms with Crippen LogP contribution in [-0.2, 0) is 28.4 Å². The number of carbonyl (C=O) groups is 1. The highest BCUT2D eigenvalue weighted by atomic mass is 32.2. The van der Waals surface area contributed by atoms with Crippen molar-refractivity contribution >= 4 is 38.3 Å². The van der Waals surface area contributed by atoms with Gasteiger partial charge in [-0.3, -0.25) is 18.8 Å². The van der Waals surface area contributed by atoms with Crippen molar-refractivity contribution in [3.05, 3.63) is 39.9 Å². The standard InChI is InChI=1S/C17H20N6O4S2/c1-12-3-4-15(28-12)29(26,27)23-7-5-21(6-8-23)14(24)10-22-11-18-16-13(17(22)25)9-19-20(16)2/h3-4,9,11H,5-8,10H2,1-2H3. The summed E-state index contributed by atoms with van der Waals surface area (Å²) in [6.45, 7) is 2.71. The van der Waals surface area contributed by atoms with Crippen molar-refractivity contribution in [3.8, 4) is 0 Å². The molecule has 0 unspecified atom stereocenters. The molecule has 0 radical (unpaired) electrons. The van der Waals surface area contributed by atoms with Crippen LogP contribution in [0.5, 0.6) is 0 Å². The number of piperazine rings is 1. The van der Waals surface area contributed by atoms with E-state index in [1.807, 2.05) is 6.92 Å². The molecule has 0 bridgehead atoms. The summed E-state index contributed by atoms with van der Waals surface area (Å²) in [6, 6.07) is 3.39. The van der Waals surface area contributed by atoms with Crippen molar-refractivity contribution in [1.29, 1.82) is 0 Å². The minimum atomic E-state index is -3.54. The van der Waals surface area contributed by atoms with Crippen molar-refractivity contribution in [1.82, 2.24) is 28.5 Å². The lowest BCUT2D eigenvalue weighted by molar-refractivity contribution is -0.133. The van der Waals surface area contributed by atoms with Crippen LogP contribution in [0.3, 0.4) is 0 Å². The Morgan fingerprint density at radius 1 is 1.21 bits per heavy atom. The van der Waals surface area contributed by atoms with Crippen molar-refractivity contribution in [2.75, 3.05) is 26.2 Å². The summed E-state index contributed by atoms with van der Waals surface area (Å²) in [5.74, 6) is -0.249. The lowest BCUT2D eigenvalue weighted by Gasteiger charge is -2.33. The van der Waals surface area contributed by atoms with E-state index in [0.717, 1.165) is 4.88 Å². The third-order valence-electron chi connectivity index (χ3n) is 4.92. The molecule has 0 atom stereocenters. The van der Waals surface area contributed by atoms with E-state index in [2.05, 4.69) is 10.1 Å². The molecule has 10 nitrogen and oxygen atoms in total. The molecule has 154 valence electrons. The third kappa shape index (κ3) is 3.58. The summed E-state index contributed by atoms with van der Waals surface area (Å²) < 4.78 is 29.9. The zero-order valence-corrected chi connectivity index (χ0v) is 17.6. The number of amides is 1. The molecule has 1 saturated heterocycles. The summed E-state index contributed by atoms with van der Waals surface area (Å²) in [4.78, 5) is 31.9. The number of nitrogens with zero attached hydrogens (tertiary/aromatic N) is 6. The molecule has 4 rings (SSSR count). The first-order valence-electron chi connectivity index (χ1n) is 8.99. The monoisotopic (exact) mass is 436 g/mol. The molecule has 3 aromatic rings. The lowest BCUT2D eigenvalue weighted by Crippen LogP contribution is -2.51. The summed E-state index contributed by atoms with van der Waals surface area (Å²) in [5, 5.41) is 4.36. The number of aromatic nitrogens is 4. The maximum absolute atomic E-state index is 12.7. The van der Waals surface area contributed by atoms with Crippen LogP contribution in [-0.4, -0.2) is 69.0 Å². The number of sulfonamides is 1. The Labute approximate surface area is 171 Å². The van der Waals surface area contributed by atoms with E-state index in [9.17, 15) is 18.0 Å². The van der Waals surface area contributed by atoms with Crippen molar-refractivity contribution < 1.29 is 13.2 Å². The van der Waals surface area contributed by atoms with Crippen LogP contribution < -0.4 is 5.56 Å². The Bertz CT molecular complexity index is 1230. The predicted octanol–water partition coefficient (Wildman–Crippen LogP) is 0.0330. The molecule has 0 aliphatic carbocycles. The third-order valence-corrected chi connectivity index (χ3v) is 8.29. The van der Waals surface area contributed by atoms with Gasteiger partial charge in [0.2, 0.25) is 5.91 Å². The highest BCUT2D eigenvalue weighted by molar-refractivity contribution is 7.91. The second-order valence-corrected chi connectivity index (χ2v) is 10.3. The van der Waals surface area contributed by atoms with Crippen LogP contribution in [0.25, 0.3) is 11.0 Å². The van der Waals surface area contributed by atoms with Gasteiger partial charge < -0.3 is 4.90 Å². The molecule has 4 heterocycles. The Morgan fingerprint density at radius 3 is 2.59 bits per heavy atom. The first-order chi connectivity index (χ1) is 13.8. The smallest absolute Gasteiger partial charge is 0.264 e. The molecule has 29 heavy (non-hydrogen) atoms. The molecular weight excluding hydrogens is 416 g/mol. The SMILES string of the molecule is Cc1ccc(S(=O)(=O)N2CCN(C(=O)Cn3cnc4c(cnn4C)c3=O)CC2)s1. The van der Waals surface area contributed by atoms with Gasteiger partial charge >= 0.3 is 0 Å². The number of fused-ring (bicyclic) bond motifs is 1. The van der Waals surface area contributed by atoms with Crippen LogP contribution in [0.4, 0.5) is 0 Å². The van der Waals surface area contributed by atoms with Crippen LogP contribution >= 0.6 is 11.3 Å². The second-order valence-electron chi connectivity index (χ2n) is 6.83. The van der Waals surface area contributed by atoms with Crippen LogP contribution in [0.1, 0.15) is 4.88 Å². The van der Waals surface area contributed by atoms with E-state index >= 15 is 0 Å². The highest BCUT2D eigenvalue weighted by Crippen LogP contribution is 2.25. The van der Waals surface area contributed by atoms with Crippen LogP contribution in [0, 0.1) is 6.92 Å². The number of rotatable bonds is 4. The van der Waals surface area contributed by atoms with E-state index in [-0.39, 0.29) is 44.2 Å². The van der Waals surface area contributed by atoms with Crippen LogP contribution in [0.15, 0.2) is 33.7 Å². The van der Waals surface area contributed by atoms with E-state index in [0.29, 0.717) is 15.2 Å². The molecule has 1 amide bonds. The number of thiophene rings is 1. The lowest BCUT2D eigenvalue weighted by atomic mass is 10.3. The molecule has 0 spiro atoms. The van der Waals surface area contributed by atoms with E-state index < -0.39 is 10.0 Å². The Morgan fingerprint density at radius 2 is 1.93 bits per heavy atom. The summed E-state index contributed by atoms with van der Waals surface area (Å²) >= 11 is 1.24. The molecular formula is C17H20N6O4S2. The highest BCUT2D eigenvalue weighted by Gasteiger charge is 2.31. The van der Waals surface area contributed by atoms with E-state index in [1.165, 1.54) is 37.4 Å². The predicted molar refractivity (Wildman–Crippen MR) is 107 cm³/mol. The van der Waals surface area contributed by atoms with Gasteiger partial charge in [0.05, 0.1) is 6.20 Å². The first kappa shape index (κ1) is 19.7. The van der Waals surface area contributed by atoms with Gasteiger partial charge in [-0.1, -0.05) is 0 Å². The minimum absolute atomic E-state index is 0.145. The maximum atomic E-state index is 12.7. The van der Waals surface area contributed by atoms with E-state index in [4.69, 9.17) is 0 Å². The first-order valence-corrected chi connectivity index (χ1v) is 11.2. The minimum Gasteiger partial charge on any atom is -0.338 e. The fraction of sp³-hybridized carbons (Fsp3) is 0.412. The van der Waals surface area contributed by atoms with Gasteiger partial charge in [0, 0.05) is 38.1 Å². The average Bonchev–Trinajstić information content (AvgIpc) is 3.31. The fourth-order valence-electron chi connectivity index (χ4n) is 3.28. The maximum Gasteiger partial charge on any atom is 0.264 e. The summed E-state index contributed by atoms with van der Waals surface area (Å²) in [5.41, 5.74) is 0.132. The zero-order valence-electron chi connectivity index (χ0n) is 16.0. The number of hydrogen-bond donors (Lipinski definition) is 0. The van der Waals surface area contributed by atoms with Crippen LogP contribution in [0.2, 0.25) is 0 Å². The molecule has 1 aliphatic heterocycles. The Balaban J connectivity index is 1.43. The average molecular weight is 437 g/mol. The zero-order chi connectivity index (χ0) is 20.8. The van der Waals surface area contributed by atoms with Gasteiger partial charge in [-0.25, -0.2) is 13.4 Å². The molecule has 0 aromatic carbocycles. The fourth-order valence-corrected chi connectivity index (χ4v) is 6.14. The molecule has 3 aromatic heterocycles. The molecule has 0 saturated carbocycles. The normalized spacial score (nSPS) is 15.9. The second kappa shape index (κ2) is 7.35. The van der Waals surface area contributed by atoms with Gasteiger partial charge in [0.25, 0.3) is 15.6 Å². The van der Waals surface area contributed by atoms with E-state index in [1.54, 1.807) is 24.1 Å². The van der Waals surface area contributed by atoms with Gasteiger partial charge in [0.1, 0.15) is 22.5 Å². The van der Waals surface area contributed by atoms with Gasteiger partial charge in [-0.05, 0) is 19.1 Å². The Hall–Kier alpha value is -2.57. The summed E-state index contributed by atoms with van der Waals surface area (Å²) in [7, 11) is -1.85. The van der Waals surface area contributed by atoms with Crippen molar-refractivity contribution in [2.45, 2.75) is 17.7 Å². The molecule has 1 aliphatic rings. The van der Waals surface area contributed by atoms with Crippen molar-refractivity contribution in [3.63, 3.8) is 0 Å². The Kier molecular flexibility index (Phi) is 5.00. The quantitative estimate of drug-likeness (QED) is 0.571. The number of carbonyl (C=O) groups excluding carboxylic acids is 1. The molecule has 12 heteroatoms. The van der Waals surface area contributed by atoms with Gasteiger partial charge in [-0.2, -0.15) is 9.40 Å².